The van der Waals surface area contributed by atoms with Crippen LogP contribution in [0.15, 0.2) is 34.9 Å². The number of anilines is 1. The Morgan fingerprint density at radius 2 is 2.08 bits per heavy atom. The number of benzene rings is 1. The Bertz CT molecular complexity index is 818. The molecule has 0 aliphatic carbocycles. The minimum atomic E-state index is -0.302. The van der Waals surface area contributed by atoms with Crippen LogP contribution in [0.1, 0.15) is 6.92 Å². The molecule has 1 N–H and O–H groups in total. The van der Waals surface area contributed by atoms with Crippen LogP contribution in [0, 0.1) is 5.82 Å². The van der Waals surface area contributed by atoms with Crippen LogP contribution in [0.4, 0.5) is 9.52 Å². The first kappa shape index (κ1) is 16.5. The summed E-state index contributed by atoms with van der Waals surface area (Å²) in [5.74, 6) is 0.334. The second-order valence-corrected chi connectivity index (χ2v) is 6.41. The molecule has 0 aliphatic rings. The minimum Gasteiger partial charge on any atom is -0.302 e. The number of aromatic nitrogens is 5. The van der Waals surface area contributed by atoms with E-state index >= 15 is 0 Å². The summed E-state index contributed by atoms with van der Waals surface area (Å²) in [6.45, 7) is 2.60. The molecule has 0 spiro atoms. The Morgan fingerprint density at radius 3 is 2.75 bits per heavy atom. The number of amides is 1. The van der Waals surface area contributed by atoms with E-state index in [0.717, 1.165) is 5.56 Å². The van der Waals surface area contributed by atoms with Crippen molar-refractivity contribution in [1.29, 1.82) is 0 Å². The molecule has 3 rings (SSSR count). The van der Waals surface area contributed by atoms with Crippen LogP contribution in [0.2, 0.25) is 0 Å². The quantitative estimate of drug-likeness (QED) is 0.677. The molecule has 7 nitrogen and oxygen atoms in total. The van der Waals surface area contributed by atoms with Crippen LogP contribution in [0.3, 0.4) is 0 Å². The van der Waals surface area contributed by atoms with Gasteiger partial charge < -0.3 is 4.57 Å². The van der Waals surface area contributed by atoms with Crippen LogP contribution >= 0.6 is 23.1 Å². The number of carbonyl (C=O) groups excluding carboxylic acids is 1. The number of rotatable bonds is 6. The van der Waals surface area contributed by atoms with Gasteiger partial charge in [-0.05, 0) is 31.2 Å². The number of carbonyl (C=O) groups is 1. The van der Waals surface area contributed by atoms with Crippen molar-refractivity contribution in [2.75, 3.05) is 11.1 Å². The molecule has 0 radical (unpaired) electrons. The lowest BCUT2D eigenvalue weighted by Crippen LogP contribution is -2.14. The largest absolute Gasteiger partial charge is 0.302 e. The fourth-order valence-electron chi connectivity index (χ4n) is 2.01. The lowest BCUT2D eigenvalue weighted by molar-refractivity contribution is -0.113. The van der Waals surface area contributed by atoms with Gasteiger partial charge in [-0.1, -0.05) is 23.1 Å². The van der Waals surface area contributed by atoms with Crippen molar-refractivity contribution in [3.8, 4) is 11.4 Å². The standard InChI is InChI=1S/C14H13FN6OS2/c1-2-21-12(9-3-5-10(15)6-4-9)18-20-14(21)23-7-11(22)17-13-19-16-8-24-13/h3-6,8H,2,7H2,1H3,(H,17,19,22). The molecule has 24 heavy (non-hydrogen) atoms. The maximum absolute atomic E-state index is 13.1. The van der Waals surface area contributed by atoms with Crippen LogP contribution in [-0.4, -0.2) is 36.6 Å². The lowest BCUT2D eigenvalue weighted by atomic mass is 10.2. The van der Waals surface area contributed by atoms with Gasteiger partial charge in [0.1, 0.15) is 11.3 Å². The van der Waals surface area contributed by atoms with Crippen molar-refractivity contribution < 1.29 is 9.18 Å². The first-order valence-electron chi connectivity index (χ1n) is 7.05. The Labute approximate surface area is 145 Å². The summed E-state index contributed by atoms with van der Waals surface area (Å²) in [6.07, 6.45) is 0. The minimum absolute atomic E-state index is 0.182. The van der Waals surface area contributed by atoms with Crippen LogP contribution in [0.5, 0.6) is 0 Å². The summed E-state index contributed by atoms with van der Waals surface area (Å²) < 4.78 is 14.9. The summed E-state index contributed by atoms with van der Waals surface area (Å²) in [5.41, 5.74) is 2.32. The van der Waals surface area contributed by atoms with E-state index in [1.807, 2.05) is 11.5 Å². The first-order valence-corrected chi connectivity index (χ1v) is 8.92. The fourth-order valence-corrected chi connectivity index (χ4v) is 3.27. The summed E-state index contributed by atoms with van der Waals surface area (Å²) in [4.78, 5) is 11.9. The van der Waals surface area contributed by atoms with E-state index in [1.165, 1.54) is 35.2 Å². The van der Waals surface area contributed by atoms with Gasteiger partial charge in [0, 0.05) is 12.1 Å². The summed E-state index contributed by atoms with van der Waals surface area (Å²) in [6, 6.07) is 6.07. The number of nitrogens with one attached hydrogen (secondary N) is 1. The van der Waals surface area contributed by atoms with Gasteiger partial charge in [-0.2, -0.15) is 0 Å². The lowest BCUT2D eigenvalue weighted by Gasteiger charge is -2.07. The smallest absolute Gasteiger partial charge is 0.236 e. The number of thioether (sulfide) groups is 1. The highest BCUT2D eigenvalue weighted by atomic mass is 32.2. The second kappa shape index (κ2) is 7.49. The van der Waals surface area contributed by atoms with Crippen molar-refractivity contribution in [1.82, 2.24) is 25.0 Å². The molecule has 124 valence electrons. The van der Waals surface area contributed by atoms with Gasteiger partial charge >= 0.3 is 0 Å². The van der Waals surface area contributed by atoms with E-state index in [9.17, 15) is 9.18 Å². The van der Waals surface area contributed by atoms with Crippen LogP contribution in [0.25, 0.3) is 11.4 Å². The number of hydrogen-bond donors (Lipinski definition) is 1. The van der Waals surface area contributed by atoms with Crippen molar-refractivity contribution in [3.05, 3.63) is 35.6 Å². The van der Waals surface area contributed by atoms with Gasteiger partial charge in [0.15, 0.2) is 11.0 Å². The molecule has 0 bridgehead atoms. The van der Waals surface area contributed by atoms with E-state index < -0.39 is 0 Å². The molecular weight excluding hydrogens is 351 g/mol. The summed E-state index contributed by atoms with van der Waals surface area (Å²) in [7, 11) is 0. The van der Waals surface area contributed by atoms with Gasteiger partial charge in [-0.15, -0.1) is 20.4 Å². The molecule has 0 saturated heterocycles. The second-order valence-electron chi connectivity index (χ2n) is 4.64. The molecule has 0 aliphatic heterocycles. The van der Waals surface area contributed by atoms with E-state index in [4.69, 9.17) is 0 Å². The Morgan fingerprint density at radius 1 is 1.29 bits per heavy atom. The number of nitrogens with zero attached hydrogens (tertiary/aromatic N) is 5. The third kappa shape index (κ3) is 3.77. The van der Waals surface area contributed by atoms with Gasteiger partial charge in [-0.3, -0.25) is 10.1 Å². The van der Waals surface area contributed by atoms with Crippen molar-refractivity contribution >= 4 is 34.1 Å². The maximum atomic E-state index is 13.1. The SMILES string of the molecule is CCn1c(SCC(=O)Nc2nncs2)nnc1-c1ccc(F)cc1. The van der Waals surface area contributed by atoms with E-state index in [0.29, 0.717) is 22.7 Å². The van der Waals surface area contributed by atoms with Crippen molar-refractivity contribution in [2.24, 2.45) is 0 Å². The zero-order valence-corrected chi connectivity index (χ0v) is 14.3. The molecule has 0 fully saturated rings. The third-order valence-electron chi connectivity index (χ3n) is 3.07. The topological polar surface area (TPSA) is 85.6 Å². The number of halogens is 1. The molecule has 2 aromatic heterocycles. The average Bonchev–Trinajstić information content (AvgIpc) is 3.22. The van der Waals surface area contributed by atoms with Gasteiger partial charge in [0.2, 0.25) is 11.0 Å². The molecule has 3 aromatic rings. The molecule has 0 unspecified atom stereocenters. The average molecular weight is 364 g/mol. The highest BCUT2D eigenvalue weighted by Crippen LogP contribution is 2.24. The summed E-state index contributed by atoms with van der Waals surface area (Å²) >= 11 is 2.54. The van der Waals surface area contributed by atoms with Crippen LogP contribution < -0.4 is 5.32 Å². The zero-order valence-electron chi connectivity index (χ0n) is 12.6. The molecule has 0 atom stereocenters. The summed E-state index contributed by atoms with van der Waals surface area (Å²) in [5, 5.41) is 19.5. The van der Waals surface area contributed by atoms with Crippen molar-refractivity contribution in [2.45, 2.75) is 18.6 Å². The Kier molecular flexibility index (Phi) is 5.16. The third-order valence-corrected chi connectivity index (χ3v) is 4.65. The van der Waals surface area contributed by atoms with Gasteiger partial charge in [0.25, 0.3) is 0 Å². The van der Waals surface area contributed by atoms with Gasteiger partial charge in [-0.25, -0.2) is 4.39 Å². The van der Waals surface area contributed by atoms with Gasteiger partial charge in [0.05, 0.1) is 5.75 Å². The highest BCUT2D eigenvalue weighted by molar-refractivity contribution is 7.99. The first-order chi connectivity index (χ1) is 11.7. The molecule has 2 heterocycles. The highest BCUT2D eigenvalue weighted by Gasteiger charge is 2.15. The zero-order chi connectivity index (χ0) is 16.9. The Balaban J connectivity index is 1.70. The predicted molar refractivity (Wildman–Crippen MR) is 90.4 cm³/mol. The molecule has 1 amide bonds. The fraction of sp³-hybridized carbons (Fsp3) is 0.214. The van der Waals surface area contributed by atoms with E-state index in [1.54, 1.807) is 17.6 Å². The molecule has 0 saturated carbocycles. The Hall–Kier alpha value is -2.33. The monoisotopic (exact) mass is 364 g/mol. The molecular formula is C14H13FN6OS2. The molecule has 1 aromatic carbocycles. The predicted octanol–water partition coefficient (Wildman–Crippen LogP) is 2.69. The normalized spacial score (nSPS) is 10.8. The van der Waals surface area contributed by atoms with E-state index in [2.05, 4.69) is 25.7 Å². The molecule has 10 heteroatoms. The number of hydrogen-bond acceptors (Lipinski definition) is 7. The van der Waals surface area contributed by atoms with E-state index in [-0.39, 0.29) is 17.5 Å². The van der Waals surface area contributed by atoms with Crippen LogP contribution in [-0.2, 0) is 11.3 Å². The maximum Gasteiger partial charge on any atom is 0.236 e. The van der Waals surface area contributed by atoms with Crippen molar-refractivity contribution in [3.63, 3.8) is 0 Å².